The van der Waals surface area contributed by atoms with Gasteiger partial charge in [0.25, 0.3) is 15.7 Å². The summed E-state index contributed by atoms with van der Waals surface area (Å²) in [5.41, 5.74) is -0.358. The van der Waals surface area contributed by atoms with Crippen molar-refractivity contribution >= 4 is 31.2 Å². The number of non-ortho nitro benzene ring substituents is 1. The number of nitrogens with one attached hydrogen (secondary N) is 1. The molecule has 0 radical (unpaired) electrons. The van der Waals surface area contributed by atoms with Crippen LogP contribution in [-0.4, -0.2) is 26.9 Å². The minimum Gasteiger partial charge on any atom is -0.506 e. The van der Waals surface area contributed by atoms with Crippen LogP contribution in [0, 0.1) is 24.0 Å². The smallest absolute Gasteiger partial charge is 0.270 e. The molecule has 0 atom stereocenters. The van der Waals surface area contributed by atoms with Crippen molar-refractivity contribution in [2.75, 3.05) is 4.72 Å². The molecular weight excluding hydrogens is 444 g/mol. The van der Waals surface area contributed by atoms with Crippen LogP contribution in [0.15, 0.2) is 75.4 Å². The van der Waals surface area contributed by atoms with Gasteiger partial charge in [-0.05, 0) is 49.2 Å². The van der Waals surface area contributed by atoms with E-state index in [4.69, 9.17) is 0 Å². The summed E-state index contributed by atoms with van der Waals surface area (Å²) >= 11 is 0. The van der Waals surface area contributed by atoms with Gasteiger partial charge in [-0.1, -0.05) is 24.3 Å². The van der Waals surface area contributed by atoms with Crippen molar-refractivity contribution in [1.82, 2.24) is 0 Å². The fourth-order valence-corrected chi connectivity index (χ4v) is 5.83. The van der Waals surface area contributed by atoms with Gasteiger partial charge in [0.15, 0.2) is 0 Å². The summed E-state index contributed by atoms with van der Waals surface area (Å²) in [6.07, 6.45) is 0. The number of benzene rings is 3. The molecule has 0 spiro atoms. The molecule has 3 aromatic rings. The summed E-state index contributed by atoms with van der Waals surface area (Å²) in [5.74, 6) is -0.486. The highest BCUT2D eigenvalue weighted by Crippen LogP contribution is 2.38. The van der Waals surface area contributed by atoms with Gasteiger partial charge in [-0.15, -0.1) is 0 Å². The average Bonchev–Trinajstić information content (AvgIpc) is 2.72. The lowest BCUT2D eigenvalue weighted by Crippen LogP contribution is -2.16. The lowest BCUT2D eigenvalue weighted by molar-refractivity contribution is -0.385. The Morgan fingerprint density at radius 2 is 1.52 bits per heavy atom. The fraction of sp³-hybridized carbons (Fsp3) is 0.100. The van der Waals surface area contributed by atoms with E-state index >= 15 is 0 Å². The number of nitro benzene ring substituents is 1. The Balaban J connectivity index is 2.14. The summed E-state index contributed by atoms with van der Waals surface area (Å²) in [6.45, 7) is 2.80. The van der Waals surface area contributed by atoms with E-state index in [9.17, 15) is 32.1 Å². The van der Waals surface area contributed by atoms with Crippen molar-refractivity contribution in [3.63, 3.8) is 0 Å². The largest absolute Gasteiger partial charge is 0.506 e. The number of nitro groups is 1. The number of phenols is 1. The molecule has 2 N–H and O–H groups in total. The van der Waals surface area contributed by atoms with Gasteiger partial charge < -0.3 is 5.11 Å². The second-order valence-electron chi connectivity index (χ2n) is 6.72. The second-order valence-corrected chi connectivity index (χ2v) is 10.3. The Morgan fingerprint density at radius 3 is 2.13 bits per heavy atom. The molecule has 0 aliphatic heterocycles. The Hall–Kier alpha value is -3.44. The first kappa shape index (κ1) is 22.2. The lowest BCUT2D eigenvalue weighted by atomic mass is 10.1. The summed E-state index contributed by atoms with van der Waals surface area (Å²) in [6, 6.07) is 13.2. The van der Waals surface area contributed by atoms with Crippen molar-refractivity contribution in [2.45, 2.75) is 28.5 Å². The maximum Gasteiger partial charge on any atom is 0.270 e. The van der Waals surface area contributed by atoms with Crippen molar-refractivity contribution in [3.8, 4) is 5.75 Å². The van der Waals surface area contributed by atoms with E-state index in [0.717, 1.165) is 12.1 Å². The van der Waals surface area contributed by atoms with Gasteiger partial charge >= 0.3 is 0 Å². The van der Waals surface area contributed by atoms with E-state index in [0.29, 0.717) is 0 Å². The summed E-state index contributed by atoms with van der Waals surface area (Å²) < 4.78 is 54.1. The van der Waals surface area contributed by atoms with E-state index in [-0.39, 0.29) is 26.6 Å². The van der Waals surface area contributed by atoms with E-state index in [1.165, 1.54) is 56.3 Å². The van der Waals surface area contributed by atoms with Crippen LogP contribution >= 0.6 is 0 Å². The first-order valence-electron chi connectivity index (χ1n) is 8.85. The predicted octanol–water partition coefficient (Wildman–Crippen LogP) is 3.55. The number of aromatic hydroxyl groups is 1. The molecule has 11 heteroatoms. The van der Waals surface area contributed by atoms with Crippen LogP contribution in [0.4, 0.5) is 11.4 Å². The van der Waals surface area contributed by atoms with Crippen LogP contribution in [0.1, 0.15) is 11.1 Å². The molecule has 0 fully saturated rings. The number of rotatable bonds is 6. The number of phenolic OH excluding ortho intramolecular Hbond substituents is 1. The van der Waals surface area contributed by atoms with Gasteiger partial charge in [-0.2, -0.15) is 0 Å². The Kier molecular flexibility index (Phi) is 5.74. The number of hydrogen-bond acceptors (Lipinski definition) is 7. The highest BCUT2D eigenvalue weighted by atomic mass is 32.2. The maximum atomic E-state index is 13.1. The highest BCUT2D eigenvalue weighted by Gasteiger charge is 2.28. The maximum absolute atomic E-state index is 13.1. The molecular formula is C20H18N2O7S2. The van der Waals surface area contributed by atoms with Crippen molar-refractivity contribution in [3.05, 3.63) is 81.9 Å². The Labute approximate surface area is 179 Å². The minimum absolute atomic E-state index is 0.0130. The highest BCUT2D eigenvalue weighted by molar-refractivity contribution is 7.93. The predicted molar refractivity (Wildman–Crippen MR) is 113 cm³/mol. The zero-order valence-electron chi connectivity index (χ0n) is 16.4. The zero-order chi connectivity index (χ0) is 23.0. The molecule has 3 rings (SSSR count). The third-order valence-corrected chi connectivity index (χ3v) is 7.89. The number of sulfonamides is 1. The average molecular weight is 463 g/mol. The van der Waals surface area contributed by atoms with E-state index < -0.39 is 41.1 Å². The number of aryl methyl sites for hydroxylation is 1. The zero-order valence-corrected chi connectivity index (χ0v) is 18.1. The normalized spacial score (nSPS) is 11.8. The van der Waals surface area contributed by atoms with Crippen LogP contribution in [0.2, 0.25) is 0 Å². The van der Waals surface area contributed by atoms with Gasteiger partial charge in [0.2, 0.25) is 9.84 Å². The summed E-state index contributed by atoms with van der Waals surface area (Å²) in [4.78, 5) is 9.39. The number of nitrogens with zero attached hydrogens (tertiary/aromatic N) is 1. The monoisotopic (exact) mass is 462 g/mol. The molecule has 0 saturated heterocycles. The summed E-state index contributed by atoms with van der Waals surface area (Å²) in [5, 5.41) is 21.4. The lowest BCUT2D eigenvalue weighted by Gasteiger charge is -2.17. The number of sulfone groups is 1. The van der Waals surface area contributed by atoms with Gasteiger partial charge in [-0.3, -0.25) is 14.8 Å². The number of anilines is 1. The molecule has 0 bridgehead atoms. The summed E-state index contributed by atoms with van der Waals surface area (Å²) in [7, 11) is -8.44. The first-order chi connectivity index (χ1) is 14.4. The fourth-order valence-electron chi connectivity index (χ4n) is 2.99. The molecule has 3 aromatic carbocycles. The van der Waals surface area contributed by atoms with Gasteiger partial charge in [0, 0.05) is 12.1 Å². The molecule has 0 unspecified atom stereocenters. The van der Waals surface area contributed by atoms with E-state index in [1.807, 2.05) is 0 Å². The minimum atomic E-state index is -4.28. The molecule has 31 heavy (non-hydrogen) atoms. The quantitative estimate of drug-likeness (QED) is 0.324. The van der Waals surface area contributed by atoms with Crippen LogP contribution in [0.3, 0.4) is 0 Å². The molecule has 0 heterocycles. The van der Waals surface area contributed by atoms with Crippen LogP contribution < -0.4 is 4.72 Å². The van der Waals surface area contributed by atoms with Crippen molar-refractivity contribution < 1.29 is 26.9 Å². The van der Waals surface area contributed by atoms with Gasteiger partial charge in [0.05, 0.1) is 20.4 Å². The molecule has 0 aromatic heterocycles. The second kappa shape index (κ2) is 8.00. The van der Waals surface area contributed by atoms with E-state index in [1.54, 1.807) is 6.07 Å². The van der Waals surface area contributed by atoms with Gasteiger partial charge in [0.1, 0.15) is 10.6 Å². The number of hydrogen-bond donors (Lipinski definition) is 2. The van der Waals surface area contributed by atoms with E-state index in [2.05, 4.69) is 4.72 Å². The van der Waals surface area contributed by atoms with Crippen molar-refractivity contribution in [2.24, 2.45) is 0 Å². The Morgan fingerprint density at radius 1 is 0.903 bits per heavy atom. The molecule has 162 valence electrons. The van der Waals surface area contributed by atoms with Crippen LogP contribution in [-0.2, 0) is 19.9 Å². The molecule has 0 aliphatic rings. The Bertz CT molecular complexity index is 1380. The third kappa shape index (κ3) is 4.23. The third-order valence-electron chi connectivity index (χ3n) is 4.60. The molecule has 9 nitrogen and oxygen atoms in total. The molecule has 0 aliphatic carbocycles. The van der Waals surface area contributed by atoms with Gasteiger partial charge in [-0.25, -0.2) is 16.8 Å². The van der Waals surface area contributed by atoms with Crippen molar-refractivity contribution in [1.29, 1.82) is 0 Å². The van der Waals surface area contributed by atoms with Crippen LogP contribution in [0.5, 0.6) is 5.75 Å². The molecule has 0 amide bonds. The topological polar surface area (TPSA) is 144 Å². The first-order valence-corrected chi connectivity index (χ1v) is 11.8. The SMILES string of the molecule is Cc1cc(NS(=O)(=O)c2cccc([N+](=O)[O-])c2)c(C)c(S(=O)(=O)c2ccccc2)c1O. The van der Waals surface area contributed by atoms with Crippen LogP contribution in [0.25, 0.3) is 0 Å². The standard InChI is InChI=1S/C20H18N2O7S2/c1-13-11-18(21-31(28,29)17-10-6-7-15(12-17)22(24)25)14(2)20(19(13)23)30(26,27)16-8-4-3-5-9-16/h3-12,21,23H,1-2H3. The molecule has 0 saturated carbocycles.